The molecule has 3 N–H and O–H groups in total. The van der Waals surface area contributed by atoms with Gasteiger partial charge in [-0.25, -0.2) is 0 Å². The third kappa shape index (κ3) is 2.67. The Hall–Kier alpha value is -1.35. The lowest BCUT2D eigenvalue weighted by Crippen LogP contribution is -2.42. The van der Waals surface area contributed by atoms with Gasteiger partial charge in [0, 0.05) is 0 Å². The molecule has 0 aromatic heterocycles. The number of aryl methyl sites for hydroxylation is 1. The summed E-state index contributed by atoms with van der Waals surface area (Å²) in [5.41, 5.74) is 8.36. The van der Waals surface area contributed by atoms with E-state index in [1.165, 1.54) is 11.1 Å². The van der Waals surface area contributed by atoms with Gasteiger partial charge in [0.1, 0.15) is 0 Å². The molecule has 3 nitrogen and oxygen atoms in total. The van der Waals surface area contributed by atoms with Crippen molar-refractivity contribution in [1.29, 1.82) is 0 Å². The maximum Gasteiger partial charge on any atom is 0.237 e. The largest absolute Gasteiger partial charge is 0.348 e. The minimum Gasteiger partial charge on any atom is -0.348 e. The molecule has 0 saturated heterocycles. The van der Waals surface area contributed by atoms with E-state index < -0.39 is 0 Å². The Morgan fingerprint density at radius 3 is 3.06 bits per heavy atom. The molecule has 17 heavy (non-hydrogen) atoms. The number of fused-ring (bicyclic) bond motifs is 1. The molecular formula is C14H20N2O. The zero-order valence-corrected chi connectivity index (χ0v) is 10.3. The van der Waals surface area contributed by atoms with Crippen LogP contribution in [-0.2, 0) is 11.2 Å². The van der Waals surface area contributed by atoms with Gasteiger partial charge in [0.2, 0.25) is 5.91 Å². The lowest BCUT2D eigenvalue weighted by atomic mass is 9.87. The predicted molar refractivity (Wildman–Crippen MR) is 68.5 cm³/mol. The van der Waals surface area contributed by atoms with Gasteiger partial charge in [-0.15, -0.1) is 0 Å². The first-order valence-electron chi connectivity index (χ1n) is 6.36. The summed E-state index contributed by atoms with van der Waals surface area (Å²) in [5, 5.41) is 3.06. The molecule has 0 aliphatic heterocycles. The molecule has 0 radical (unpaired) electrons. The summed E-state index contributed by atoms with van der Waals surface area (Å²) in [5.74, 6) is -0.0331. The Kier molecular flexibility index (Phi) is 3.79. The second-order valence-electron chi connectivity index (χ2n) is 4.67. The predicted octanol–water partition coefficient (Wildman–Crippen LogP) is 1.92. The third-order valence-electron chi connectivity index (χ3n) is 3.46. The van der Waals surface area contributed by atoms with E-state index in [1.54, 1.807) is 0 Å². The smallest absolute Gasteiger partial charge is 0.237 e. The molecule has 0 fully saturated rings. The van der Waals surface area contributed by atoms with Crippen LogP contribution < -0.4 is 11.1 Å². The van der Waals surface area contributed by atoms with Crippen molar-refractivity contribution in [2.24, 2.45) is 5.73 Å². The Morgan fingerprint density at radius 1 is 1.53 bits per heavy atom. The van der Waals surface area contributed by atoms with Crippen molar-refractivity contribution < 1.29 is 4.79 Å². The van der Waals surface area contributed by atoms with Gasteiger partial charge >= 0.3 is 0 Å². The number of rotatable bonds is 3. The van der Waals surface area contributed by atoms with Gasteiger partial charge in [-0.05, 0) is 36.8 Å². The van der Waals surface area contributed by atoms with Gasteiger partial charge in [-0.3, -0.25) is 4.79 Å². The number of carbonyl (C=O) groups excluding carboxylic acids is 1. The van der Waals surface area contributed by atoms with Gasteiger partial charge in [-0.1, -0.05) is 31.2 Å². The van der Waals surface area contributed by atoms with Crippen LogP contribution in [0.15, 0.2) is 24.3 Å². The molecule has 1 aliphatic rings. The third-order valence-corrected chi connectivity index (χ3v) is 3.46. The molecule has 92 valence electrons. The van der Waals surface area contributed by atoms with Crippen LogP contribution in [0.2, 0.25) is 0 Å². The van der Waals surface area contributed by atoms with Crippen molar-refractivity contribution in [2.45, 2.75) is 44.7 Å². The van der Waals surface area contributed by atoms with Crippen molar-refractivity contribution in [2.75, 3.05) is 0 Å². The van der Waals surface area contributed by atoms with E-state index in [9.17, 15) is 4.79 Å². The number of benzene rings is 1. The van der Waals surface area contributed by atoms with Gasteiger partial charge in [0.15, 0.2) is 0 Å². The van der Waals surface area contributed by atoms with Crippen molar-refractivity contribution >= 4 is 5.91 Å². The monoisotopic (exact) mass is 232 g/mol. The summed E-state index contributed by atoms with van der Waals surface area (Å²) >= 11 is 0. The summed E-state index contributed by atoms with van der Waals surface area (Å²) in [7, 11) is 0. The van der Waals surface area contributed by atoms with Crippen LogP contribution in [0, 0.1) is 0 Å². The van der Waals surface area contributed by atoms with Crippen LogP contribution in [0.3, 0.4) is 0 Å². The van der Waals surface area contributed by atoms with E-state index in [0.29, 0.717) is 6.42 Å². The summed E-state index contributed by atoms with van der Waals surface area (Å²) in [4.78, 5) is 11.8. The molecule has 1 aromatic carbocycles. The van der Waals surface area contributed by atoms with Gasteiger partial charge in [-0.2, -0.15) is 0 Å². The fraction of sp³-hybridized carbons (Fsp3) is 0.500. The fourth-order valence-corrected chi connectivity index (χ4v) is 2.37. The molecule has 0 bridgehead atoms. The van der Waals surface area contributed by atoms with E-state index in [0.717, 1.165) is 19.3 Å². The first-order chi connectivity index (χ1) is 8.22. The Morgan fingerprint density at radius 2 is 2.29 bits per heavy atom. The standard InChI is InChI=1S/C14H20N2O/c1-2-12(15)14(17)16-13-9-5-7-10-6-3-4-8-11(10)13/h3-4,6,8,12-13H,2,5,7,9,15H2,1H3,(H,16,17)/t12-,13?/m1/s1. The lowest BCUT2D eigenvalue weighted by Gasteiger charge is -2.27. The van der Waals surface area contributed by atoms with Gasteiger partial charge in [0.05, 0.1) is 12.1 Å². The molecular weight excluding hydrogens is 212 g/mol. The quantitative estimate of drug-likeness (QED) is 0.836. The van der Waals surface area contributed by atoms with Crippen LogP contribution in [0.5, 0.6) is 0 Å². The molecule has 2 rings (SSSR count). The van der Waals surface area contributed by atoms with E-state index in [-0.39, 0.29) is 18.0 Å². The van der Waals surface area contributed by atoms with E-state index in [2.05, 4.69) is 23.5 Å². The molecule has 1 aliphatic carbocycles. The van der Waals surface area contributed by atoms with Crippen LogP contribution in [-0.4, -0.2) is 11.9 Å². The van der Waals surface area contributed by atoms with E-state index >= 15 is 0 Å². The maximum absolute atomic E-state index is 11.8. The van der Waals surface area contributed by atoms with Crippen LogP contribution in [0.25, 0.3) is 0 Å². The maximum atomic E-state index is 11.8. The fourth-order valence-electron chi connectivity index (χ4n) is 2.37. The average molecular weight is 232 g/mol. The minimum atomic E-state index is -0.385. The van der Waals surface area contributed by atoms with Crippen LogP contribution in [0.1, 0.15) is 43.4 Å². The Balaban J connectivity index is 2.11. The second kappa shape index (κ2) is 5.32. The molecule has 3 heteroatoms. The lowest BCUT2D eigenvalue weighted by molar-refractivity contribution is -0.123. The molecule has 0 spiro atoms. The highest BCUT2D eigenvalue weighted by atomic mass is 16.2. The zero-order valence-electron chi connectivity index (χ0n) is 10.3. The average Bonchev–Trinajstić information content (AvgIpc) is 2.38. The molecule has 2 atom stereocenters. The van der Waals surface area contributed by atoms with Crippen molar-refractivity contribution in [3.05, 3.63) is 35.4 Å². The van der Waals surface area contributed by atoms with Gasteiger partial charge in [0.25, 0.3) is 0 Å². The SMILES string of the molecule is CC[C@@H](N)C(=O)NC1CCCc2ccccc21. The first-order valence-corrected chi connectivity index (χ1v) is 6.36. The van der Waals surface area contributed by atoms with Crippen LogP contribution >= 0.6 is 0 Å². The highest BCUT2D eigenvalue weighted by Crippen LogP contribution is 2.29. The normalized spacial score (nSPS) is 20.5. The molecule has 1 aromatic rings. The number of hydrogen-bond donors (Lipinski definition) is 2. The van der Waals surface area contributed by atoms with Crippen molar-refractivity contribution in [1.82, 2.24) is 5.32 Å². The number of carbonyl (C=O) groups is 1. The topological polar surface area (TPSA) is 55.1 Å². The summed E-state index contributed by atoms with van der Waals surface area (Å²) in [6.45, 7) is 1.93. The number of amides is 1. The highest BCUT2D eigenvalue weighted by Gasteiger charge is 2.22. The molecule has 1 unspecified atom stereocenters. The van der Waals surface area contributed by atoms with E-state index in [1.807, 2.05) is 13.0 Å². The van der Waals surface area contributed by atoms with Crippen molar-refractivity contribution in [3.63, 3.8) is 0 Å². The van der Waals surface area contributed by atoms with Crippen LogP contribution in [0.4, 0.5) is 0 Å². The van der Waals surface area contributed by atoms with E-state index in [4.69, 9.17) is 5.73 Å². The first kappa shape index (κ1) is 12.1. The highest BCUT2D eigenvalue weighted by molar-refractivity contribution is 5.81. The second-order valence-corrected chi connectivity index (χ2v) is 4.67. The number of hydrogen-bond acceptors (Lipinski definition) is 2. The Bertz CT molecular complexity index is 403. The zero-order chi connectivity index (χ0) is 12.3. The van der Waals surface area contributed by atoms with Gasteiger partial charge < -0.3 is 11.1 Å². The minimum absolute atomic E-state index is 0.0331. The summed E-state index contributed by atoms with van der Waals surface area (Å²) < 4.78 is 0. The van der Waals surface area contributed by atoms with Crippen molar-refractivity contribution in [3.8, 4) is 0 Å². The number of nitrogens with two attached hydrogens (primary N) is 1. The molecule has 0 saturated carbocycles. The molecule has 1 amide bonds. The molecule has 0 heterocycles. The summed E-state index contributed by atoms with van der Waals surface area (Å²) in [6.07, 6.45) is 3.94. The Labute approximate surface area is 102 Å². The summed E-state index contributed by atoms with van der Waals surface area (Å²) in [6, 6.07) is 8.10. The number of nitrogens with one attached hydrogen (secondary N) is 1.